The lowest BCUT2D eigenvalue weighted by Gasteiger charge is -2.53. The van der Waals surface area contributed by atoms with Gasteiger partial charge >= 0.3 is 11.9 Å². The van der Waals surface area contributed by atoms with E-state index >= 15 is 0 Å². The Morgan fingerprint density at radius 1 is 0.743 bits per heavy atom. The van der Waals surface area contributed by atoms with E-state index in [2.05, 4.69) is 0 Å². The van der Waals surface area contributed by atoms with Gasteiger partial charge in [0.2, 0.25) is 0 Å². The topological polar surface area (TPSA) is 83.8 Å². The Morgan fingerprint density at radius 3 is 1.89 bits per heavy atom. The van der Waals surface area contributed by atoms with Crippen LogP contribution in [0.25, 0.3) is 10.8 Å². The first-order chi connectivity index (χ1) is 17.1. The lowest BCUT2D eigenvalue weighted by molar-refractivity contribution is -0.156. The van der Waals surface area contributed by atoms with Crippen molar-refractivity contribution in [1.29, 1.82) is 0 Å². The lowest BCUT2D eigenvalue weighted by Crippen LogP contribution is -2.53. The van der Waals surface area contributed by atoms with Gasteiger partial charge in [-0.05, 0) is 39.8 Å². The van der Waals surface area contributed by atoms with E-state index in [0.29, 0.717) is 5.56 Å². The van der Waals surface area contributed by atoms with Gasteiger partial charge in [-0.3, -0.25) is 0 Å². The Morgan fingerprint density at radius 2 is 1.29 bits per heavy atom. The Labute approximate surface area is 203 Å². The highest BCUT2D eigenvalue weighted by atomic mass is 16.5. The first-order valence-corrected chi connectivity index (χ1v) is 11.7. The molecule has 0 amide bonds. The number of carboxylic acids is 1. The molecule has 5 nitrogen and oxygen atoms in total. The number of rotatable bonds is 7. The minimum absolute atomic E-state index is 0.115. The molecule has 0 radical (unpaired) electrons. The number of aliphatic carboxylic acids is 1. The molecule has 5 rings (SSSR count). The van der Waals surface area contributed by atoms with Crippen LogP contribution in [0.5, 0.6) is 0 Å². The van der Waals surface area contributed by atoms with Crippen LogP contribution in [0.15, 0.2) is 103 Å². The van der Waals surface area contributed by atoms with Crippen molar-refractivity contribution in [2.45, 2.75) is 17.9 Å². The molecular formula is C30H26O5. The van der Waals surface area contributed by atoms with Gasteiger partial charge in [-0.1, -0.05) is 97.1 Å². The second-order valence-corrected chi connectivity index (χ2v) is 9.02. The second-order valence-electron chi connectivity index (χ2n) is 9.02. The number of hydrogen-bond acceptors (Lipinski definition) is 4. The second kappa shape index (κ2) is 9.72. The SMILES string of the molecule is O=C(OCC1[C@@H](c2ccccc2)C(C(O)C(=O)O)[C@@H]1c1ccccc1)c1cccc2ccccc12. The monoisotopic (exact) mass is 466 g/mol. The van der Waals surface area contributed by atoms with Gasteiger partial charge < -0.3 is 14.9 Å². The maximum absolute atomic E-state index is 13.1. The molecule has 0 spiro atoms. The Bertz CT molecular complexity index is 1280. The van der Waals surface area contributed by atoms with Crippen LogP contribution in [0.2, 0.25) is 0 Å². The molecule has 1 aliphatic carbocycles. The molecule has 0 aliphatic heterocycles. The van der Waals surface area contributed by atoms with Crippen LogP contribution in [-0.4, -0.2) is 34.9 Å². The number of esters is 1. The van der Waals surface area contributed by atoms with E-state index in [9.17, 15) is 19.8 Å². The number of carbonyl (C=O) groups is 2. The summed E-state index contributed by atoms with van der Waals surface area (Å²) in [5.41, 5.74) is 2.35. The summed E-state index contributed by atoms with van der Waals surface area (Å²) in [4.78, 5) is 25.0. The summed E-state index contributed by atoms with van der Waals surface area (Å²) in [7, 11) is 0. The van der Waals surface area contributed by atoms with Crippen LogP contribution >= 0.6 is 0 Å². The number of carbonyl (C=O) groups excluding carboxylic acids is 1. The number of ether oxygens (including phenoxy) is 1. The summed E-state index contributed by atoms with van der Waals surface area (Å²) in [5.74, 6) is -2.93. The first kappa shape index (κ1) is 22.8. The number of hydrogen-bond donors (Lipinski definition) is 2. The van der Waals surface area contributed by atoms with Gasteiger partial charge in [0.05, 0.1) is 12.2 Å². The van der Waals surface area contributed by atoms with E-state index in [-0.39, 0.29) is 24.4 Å². The van der Waals surface area contributed by atoms with E-state index in [1.165, 1.54) is 0 Å². The van der Waals surface area contributed by atoms with E-state index in [1.807, 2.05) is 97.1 Å². The molecule has 1 unspecified atom stereocenters. The molecule has 1 saturated carbocycles. The zero-order valence-corrected chi connectivity index (χ0v) is 19.0. The van der Waals surface area contributed by atoms with Crippen LogP contribution in [-0.2, 0) is 9.53 Å². The number of benzene rings is 4. The Kier molecular flexibility index (Phi) is 6.34. The Balaban J connectivity index is 1.47. The van der Waals surface area contributed by atoms with Crippen LogP contribution in [0.3, 0.4) is 0 Å². The third-order valence-corrected chi connectivity index (χ3v) is 7.15. The summed E-state index contributed by atoms with van der Waals surface area (Å²) in [6.45, 7) is 0.115. The summed E-state index contributed by atoms with van der Waals surface area (Å²) >= 11 is 0. The highest BCUT2D eigenvalue weighted by Crippen LogP contribution is 2.58. The molecule has 0 bridgehead atoms. The molecule has 0 saturated heterocycles. The molecule has 2 N–H and O–H groups in total. The fraction of sp³-hybridized carbons (Fsp3) is 0.200. The van der Waals surface area contributed by atoms with Crippen molar-refractivity contribution < 1.29 is 24.5 Å². The maximum Gasteiger partial charge on any atom is 0.338 e. The van der Waals surface area contributed by atoms with E-state index in [4.69, 9.17) is 4.74 Å². The highest BCUT2D eigenvalue weighted by molar-refractivity contribution is 6.04. The van der Waals surface area contributed by atoms with Crippen molar-refractivity contribution in [3.8, 4) is 0 Å². The summed E-state index contributed by atoms with van der Waals surface area (Å²) in [6, 6.07) is 32.3. The third kappa shape index (κ3) is 4.31. The largest absolute Gasteiger partial charge is 0.479 e. The molecule has 1 aliphatic rings. The zero-order chi connectivity index (χ0) is 24.4. The molecule has 3 atom stereocenters. The minimum atomic E-state index is -1.53. The van der Waals surface area contributed by atoms with Crippen molar-refractivity contribution in [3.63, 3.8) is 0 Å². The predicted octanol–water partition coefficient (Wildman–Crippen LogP) is 5.26. The average molecular weight is 467 g/mol. The van der Waals surface area contributed by atoms with Crippen molar-refractivity contribution >= 4 is 22.7 Å². The average Bonchev–Trinajstić information content (AvgIpc) is 2.88. The van der Waals surface area contributed by atoms with E-state index in [0.717, 1.165) is 21.9 Å². The zero-order valence-electron chi connectivity index (χ0n) is 19.0. The lowest BCUT2D eigenvalue weighted by atomic mass is 9.51. The van der Waals surface area contributed by atoms with Crippen molar-refractivity contribution in [2.75, 3.05) is 6.61 Å². The van der Waals surface area contributed by atoms with Gasteiger partial charge in [0.25, 0.3) is 0 Å². The number of fused-ring (bicyclic) bond motifs is 1. The van der Waals surface area contributed by atoms with Crippen LogP contribution in [0.1, 0.15) is 33.3 Å². The number of carboxylic acid groups (broad SMARTS) is 1. The van der Waals surface area contributed by atoms with Crippen molar-refractivity contribution in [1.82, 2.24) is 0 Å². The van der Waals surface area contributed by atoms with Crippen LogP contribution in [0.4, 0.5) is 0 Å². The van der Waals surface area contributed by atoms with Gasteiger partial charge in [-0.25, -0.2) is 9.59 Å². The minimum Gasteiger partial charge on any atom is -0.479 e. The van der Waals surface area contributed by atoms with Gasteiger partial charge in [0.15, 0.2) is 6.10 Å². The molecule has 0 heterocycles. The van der Waals surface area contributed by atoms with E-state index < -0.39 is 24.0 Å². The van der Waals surface area contributed by atoms with Gasteiger partial charge in [0, 0.05) is 11.8 Å². The summed E-state index contributed by atoms with van der Waals surface area (Å²) in [5, 5.41) is 22.1. The van der Waals surface area contributed by atoms with Gasteiger partial charge in [0.1, 0.15) is 0 Å². The standard InChI is InChI=1S/C30H26O5/c31-28(29(32)33)27-25(20-11-3-1-4-12-20)24(26(27)21-13-5-2-6-14-21)18-35-30(34)23-17-9-15-19-10-7-8-16-22(19)23/h1-17,24-28,31H,18H2,(H,32,33)/t24?,25-,26-,27?,28?/m1/s1. The summed E-state index contributed by atoms with van der Waals surface area (Å²) in [6.07, 6.45) is -1.53. The van der Waals surface area contributed by atoms with Crippen molar-refractivity contribution in [2.24, 2.45) is 11.8 Å². The smallest absolute Gasteiger partial charge is 0.338 e. The molecule has 0 aromatic heterocycles. The molecule has 5 heteroatoms. The fourth-order valence-electron chi connectivity index (χ4n) is 5.58. The molecule has 1 fully saturated rings. The van der Waals surface area contributed by atoms with E-state index in [1.54, 1.807) is 6.07 Å². The molecule has 4 aromatic rings. The molecular weight excluding hydrogens is 440 g/mol. The molecule has 35 heavy (non-hydrogen) atoms. The predicted molar refractivity (Wildman–Crippen MR) is 133 cm³/mol. The first-order valence-electron chi connectivity index (χ1n) is 11.7. The van der Waals surface area contributed by atoms with Crippen molar-refractivity contribution in [3.05, 3.63) is 120 Å². The van der Waals surface area contributed by atoms with Crippen LogP contribution in [0, 0.1) is 11.8 Å². The normalized spacial score (nSPS) is 22.2. The molecule has 4 aromatic carbocycles. The highest BCUT2D eigenvalue weighted by Gasteiger charge is 2.56. The number of aliphatic hydroxyl groups is 1. The third-order valence-electron chi connectivity index (χ3n) is 7.15. The number of aliphatic hydroxyl groups excluding tert-OH is 1. The summed E-state index contributed by atoms with van der Waals surface area (Å²) < 4.78 is 5.86. The molecule has 176 valence electrons. The maximum atomic E-state index is 13.1. The van der Waals surface area contributed by atoms with Crippen LogP contribution < -0.4 is 0 Å². The van der Waals surface area contributed by atoms with Gasteiger partial charge in [-0.2, -0.15) is 0 Å². The Hall–Kier alpha value is -3.96. The van der Waals surface area contributed by atoms with Gasteiger partial charge in [-0.15, -0.1) is 0 Å². The quantitative estimate of drug-likeness (QED) is 0.363. The fourth-order valence-corrected chi connectivity index (χ4v) is 5.58.